The third-order valence-corrected chi connectivity index (χ3v) is 3.38. The number of hydrogen-bond donors (Lipinski definition) is 1. The Labute approximate surface area is 99.3 Å². The van der Waals surface area contributed by atoms with Gasteiger partial charge in [0.25, 0.3) is 0 Å². The summed E-state index contributed by atoms with van der Waals surface area (Å²) < 4.78 is 15.2. The van der Waals surface area contributed by atoms with Gasteiger partial charge in [-0.2, -0.15) is 4.37 Å². The van der Waals surface area contributed by atoms with Crippen molar-refractivity contribution in [1.82, 2.24) is 4.37 Å². The molecule has 0 aromatic carbocycles. The molecule has 2 heterocycles. The topological polar surface area (TPSA) is 60.6 Å². The van der Waals surface area contributed by atoms with Crippen LogP contribution in [-0.2, 0) is 4.74 Å². The summed E-state index contributed by atoms with van der Waals surface area (Å²) in [5.74, 6) is 1.21. The molecule has 6 heteroatoms. The normalized spacial score (nSPS) is 21.1. The van der Waals surface area contributed by atoms with Crippen LogP contribution in [0.25, 0.3) is 0 Å². The summed E-state index contributed by atoms with van der Waals surface area (Å²) in [7, 11) is 0. The number of hydrogen-bond acceptors (Lipinski definition) is 6. The zero-order valence-corrected chi connectivity index (χ0v) is 10.4. The molecule has 0 bridgehead atoms. The minimum atomic E-state index is 0.242. The minimum absolute atomic E-state index is 0.242. The molecule has 0 radical (unpaired) electrons. The SMILES string of the molecule is CCOc1c(N)nsc1N1CCOC(C)C1. The van der Waals surface area contributed by atoms with Gasteiger partial charge in [-0.1, -0.05) is 0 Å². The van der Waals surface area contributed by atoms with Gasteiger partial charge in [-0.15, -0.1) is 0 Å². The number of ether oxygens (including phenoxy) is 2. The molecule has 2 rings (SSSR count). The van der Waals surface area contributed by atoms with Crippen molar-refractivity contribution in [3.63, 3.8) is 0 Å². The smallest absolute Gasteiger partial charge is 0.197 e. The van der Waals surface area contributed by atoms with Crippen LogP contribution < -0.4 is 15.4 Å². The molecule has 0 aliphatic carbocycles. The van der Waals surface area contributed by atoms with Gasteiger partial charge in [0, 0.05) is 13.1 Å². The van der Waals surface area contributed by atoms with Gasteiger partial charge in [0.1, 0.15) is 0 Å². The number of nitrogen functional groups attached to an aromatic ring is 1. The average molecular weight is 243 g/mol. The number of nitrogens with zero attached hydrogens (tertiary/aromatic N) is 2. The van der Waals surface area contributed by atoms with E-state index in [0.29, 0.717) is 12.4 Å². The monoisotopic (exact) mass is 243 g/mol. The molecule has 0 spiro atoms. The predicted molar refractivity (Wildman–Crippen MR) is 65.3 cm³/mol. The Morgan fingerprint density at radius 3 is 3.19 bits per heavy atom. The molecule has 90 valence electrons. The Morgan fingerprint density at radius 1 is 1.69 bits per heavy atom. The van der Waals surface area contributed by atoms with Gasteiger partial charge in [0.05, 0.1) is 19.3 Å². The molecule has 1 unspecified atom stereocenters. The molecule has 1 aliphatic heterocycles. The Bertz CT molecular complexity index is 356. The lowest BCUT2D eigenvalue weighted by atomic mass is 10.3. The van der Waals surface area contributed by atoms with Crippen LogP contribution in [0.15, 0.2) is 0 Å². The van der Waals surface area contributed by atoms with Crippen molar-refractivity contribution < 1.29 is 9.47 Å². The fraction of sp³-hybridized carbons (Fsp3) is 0.700. The summed E-state index contributed by atoms with van der Waals surface area (Å²) in [6, 6.07) is 0. The summed E-state index contributed by atoms with van der Waals surface area (Å²) in [5, 5.41) is 1.02. The first-order valence-corrected chi connectivity index (χ1v) is 6.24. The van der Waals surface area contributed by atoms with E-state index >= 15 is 0 Å². The average Bonchev–Trinajstić information content (AvgIpc) is 2.61. The van der Waals surface area contributed by atoms with Crippen LogP contribution >= 0.6 is 11.5 Å². The van der Waals surface area contributed by atoms with Gasteiger partial charge < -0.3 is 20.1 Å². The van der Waals surface area contributed by atoms with E-state index < -0.39 is 0 Å². The first kappa shape index (κ1) is 11.5. The Hall–Kier alpha value is -1.01. The Morgan fingerprint density at radius 2 is 2.50 bits per heavy atom. The summed E-state index contributed by atoms with van der Waals surface area (Å²) in [6.45, 7) is 7.09. The standard InChI is InChI=1S/C10H17N3O2S/c1-3-14-8-9(11)12-16-10(8)13-4-5-15-7(2)6-13/h7H,3-6H2,1-2H3,(H2,11,12). The lowest BCUT2D eigenvalue weighted by molar-refractivity contribution is 0.0533. The minimum Gasteiger partial charge on any atom is -0.487 e. The second-order valence-corrected chi connectivity index (χ2v) is 4.51. The van der Waals surface area contributed by atoms with Crippen molar-refractivity contribution in [3.05, 3.63) is 0 Å². The molecular weight excluding hydrogens is 226 g/mol. The third-order valence-electron chi connectivity index (χ3n) is 2.47. The Balaban J connectivity index is 2.18. The number of rotatable bonds is 3. The van der Waals surface area contributed by atoms with E-state index in [9.17, 15) is 0 Å². The number of morpholine rings is 1. The molecular formula is C10H17N3O2S. The summed E-state index contributed by atoms with van der Waals surface area (Å²) in [5.41, 5.74) is 5.79. The van der Waals surface area contributed by atoms with E-state index in [1.165, 1.54) is 11.5 Å². The quantitative estimate of drug-likeness (QED) is 0.868. The first-order valence-electron chi connectivity index (χ1n) is 5.46. The van der Waals surface area contributed by atoms with Crippen molar-refractivity contribution >= 4 is 22.4 Å². The lowest BCUT2D eigenvalue weighted by Crippen LogP contribution is -2.40. The predicted octanol–water partition coefficient (Wildman–Crippen LogP) is 1.35. The van der Waals surface area contributed by atoms with E-state index in [1.54, 1.807) is 0 Å². The highest BCUT2D eigenvalue weighted by Crippen LogP contribution is 2.38. The maximum absolute atomic E-state index is 5.79. The molecule has 0 saturated carbocycles. The molecule has 1 aliphatic rings. The van der Waals surface area contributed by atoms with Crippen LogP contribution in [0, 0.1) is 0 Å². The van der Waals surface area contributed by atoms with E-state index in [1.807, 2.05) is 6.92 Å². The highest BCUT2D eigenvalue weighted by Gasteiger charge is 2.23. The molecule has 16 heavy (non-hydrogen) atoms. The van der Waals surface area contributed by atoms with Crippen LogP contribution in [0.1, 0.15) is 13.8 Å². The van der Waals surface area contributed by atoms with Crippen LogP contribution in [0.2, 0.25) is 0 Å². The van der Waals surface area contributed by atoms with Crippen molar-refractivity contribution in [1.29, 1.82) is 0 Å². The molecule has 1 aromatic heterocycles. The summed E-state index contributed by atoms with van der Waals surface area (Å²) in [4.78, 5) is 2.23. The molecule has 1 fully saturated rings. The molecule has 1 atom stereocenters. The van der Waals surface area contributed by atoms with Crippen molar-refractivity contribution in [2.45, 2.75) is 20.0 Å². The van der Waals surface area contributed by atoms with E-state index in [4.69, 9.17) is 15.2 Å². The van der Waals surface area contributed by atoms with Crippen LogP contribution in [0.4, 0.5) is 10.8 Å². The van der Waals surface area contributed by atoms with Gasteiger partial charge in [-0.3, -0.25) is 0 Å². The van der Waals surface area contributed by atoms with Gasteiger partial charge in [-0.25, -0.2) is 0 Å². The highest BCUT2D eigenvalue weighted by atomic mass is 32.1. The van der Waals surface area contributed by atoms with E-state index in [-0.39, 0.29) is 6.10 Å². The van der Waals surface area contributed by atoms with Gasteiger partial charge in [0.2, 0.25) is 0 Å². The van der Waals surface area contributed by atoms with E-state index in [0.717, 1.165) is 30.4 Å². The fourth-order valence-electron chi connectivity index (χ4n) is 1.77. The maximum Gasteiger partial charge on any atom is 0.197 e. The third kappa shape index (κ3) is 2.22. The second kappa shape index (κ2) is 4.88. The fourth-order valence-corrected chi connectivity index (χ4v) is 2.56. The molecule has 1 saturated heterocycles. The summed E-state index contributed by atoms with van der Waals surface area (Å²) in [6.07, 6.45) is 0.242. The van der Waals surface area contributed by atoms with Crippen LogP contribution in [-0.4, -0.2) is 36.8 Å². The van der Waals surface area contributed by atoms with Crippen molar-refractivity contribution in [3.8, 4) is 5.75 Å². The van der Waals surface area contributed by atoms with Gasteiger partial charge >= 0.3 is 0 Å². The molecule has 2 N–H and O–H groups in total. The molecule has 5 nitrogen and oxygen atoms in total. The number of anilines is 2. The van der Waals surface area contributed by atoms with Crippen molar-refractivity contribution in [2.75, 3.05) is 36.9 Å². The second-order valence-electron chi connectivity index (χ2n) is 3.76. The number of aromatic nitrogens is 1. The van der Waals surface area contributed by atoms with Crippen molar-refractivity contribution in [2.24, 2.45) is 0 Å². The number of nitrogens with two attached hydrogens (primary N) is 1. The Kier molecular flexibility index (Phi) is 3.50. The van der Waals surface area contributed by atoms with Crippen LogP contribution in [0.5, 0.6) is 5.75 Å². The van der Waals surface area contributed by atoms with Gasteiger partial charge in [-0.05, 0) is 25.4 Å². The molecule has 0 amide bonds. The summed E-state index contributed by atoms with van der Waals surface area (Å²) >= 11 is 1.40. The van der Waals surface area contributed by atoms with E-state index in [2.05, 4.69) is 16.2 Å². The highest BCUT2D eigenvalue weighted by molar-refractivity contribution is 7.11. The first-order chi connectivity index (χ1) is 7.72. The molecule has 1 aromatic rings. The lowest BCUT2D eigenvalue weighted by Gasteiger charge is -2.31. The van der Waals surface area contributed by atoms with Gasteiger partial charge in [0.15, 0.2) is 16.6 Å². The zero-order valence-electron chi connectivity index (χ0n) is 9.60. The zero-order chi connectivity index (χ0) is 11.5. The van der Waals surface area contributed by atoms with Crippen LogP contribution in [0.3, 0.4) is 0 Å². The maximum atomic E-state index is 5.79. The largest absolute Gasteiger partial charge is 0.487 e.